The van der Waals surface area contributed by atoms with Crippen molar-refractivity contribution in [1.82, 2.24) is 20.2 Å². The van der Waals surface area contributed by atoms with E-state index in [1.165, 1.54) is 5.56 Å². The lowest BCUT2D eigenvalue weighted by Crippen LogP contribution is -2.42. The summed E-state index contributed by atoms with van der Waals surface area (Å²) >= 11 is 0. The second-order valence-corrected chi connectivity index (χ2v) is 8.15. The van der Waals surface area contributed by atoms with Crippen molar-refractivity contribution in [2.45, 2.75) is 65.0 Å². The SMILES string of the molecule is CCCCn1nnnc1COC(=O)C1CCCCC1C(=O)N1CCc2ccccc21. The molecule has 1 amide bonds. The molecule has 8 heteroatoms. The Morgan fingerprint density at radius 2 is 1.97 bits per heavy atom. The molecular formula is C22H29N5O3. The number of aromatic nitrogens is 4. The number of ether oxygens (including phenoxy) is 1. The maximum Gasteiger partial charge on any atom is 0.310 e. The van der Waals surface area contributed by atoms with Gasteiger partial charge < -0.3 is 9.64 Å². The molecule has 160 valence electrons. The van der Waals surface area contributed by atoms with Gasteiger partial charge >= 0.3 is 5.97 Å². The summed E-state index contributed by atoms with van der Waals surface area (Å²) in [6, 6.07) is 8.02. The second kappa shape index (κ2) is 9.36. The van der Waals surface area contributed by atoms with Crippen LogP contribution in [0.2, 0.25) is 0 Å². The molecule has 1 saturated carbocycles. The number of para-hydroxylation sites is 1. The van der Waals surface area contributed by atoms with Gasteiger partial charge in [0, 0.05) is 18.8 Å². The topological polar surface area (TPSA) is 90.2 Å². The van der Waals surface area contributed by atoms with Gasteiger partial charge in [0.2, 0.25) is 5.91 Å². The van der Waals surface area contributed by atoms with Crippen LogP contribution in [0.15, 0.2) is 24.3 Å². The number of nitrogens with zero attached hydrogens (tertiary/aromatic N) is 5. The van der Waals surface area contributed by atoms with Crippen LogP contribution in [0.3, 0.4) is 0 Å². The highest BCUT2D eigenvalue weighted by molar-refractivity contribution is 5.99. The molecule has 0 N–H and O–H groups in total. The zero-order chi connectivity index (χ0) is 20.9. The van der Waals surface area contributed by atoms with Crippen LogP contribution in [-0.4, -0.2) is 38.6 Å². The van der Waals surface area contributed by atoms with Gasteiger partial charge in [-0.05, 0) is 47.7 Å². The third kappa shape index (κ3) is 4.22. The molecular weight excluding hydrogens is 382 g/mol. The summed E-state index contributed by atoms with van der Waals surface area (Å²) in [5.74, 6) is -0.448. The zero-order valence-corrected chi connectivity index (χ0v) is 17.5. The van der Waals surface area contributed by atoms with Crippen molar-refractivity contribution in [2.75, 3.05) is 11.4 Å². The molecule has 2 atom stereocenters. The van der Waals surface area contributed by atoms with Crippen LogP contribution in [0.5, 0.6) is 0 Å². The quantitative estimate of drug-likeness (QED) is 0.651. The van der Waals surface area contributed by atoms with E-state index < -0.39 is 5.92 Å². The Kier molecular flexibility index (Phi) is 6.40. The number of aryl methyl sites for hydroxylation is 1. The Morgan fingerprint density at radius 3 is 2.80 bits per heavy atom. The fourth-order valence-electron chi connectivity index (χ4n) is 4.53. The lowest BCUT2D eigenvalue weighted by atomic mass is 9.78. The van der Waals surface area contributed by atoms with E-state index in [2.05, 4.69) is 28.5 Å². The second-order valence-electron chi connectivity index (χ2n) is 8.15. The molecule has 2 unspecified atom stereocenters. The molecule has 30 heavy (non-hydrogen) atoms. The van der Waals surface area contributed by atoms with Crippen molar-refractivity contribution >= 4 is 17.6 Å². The first-order valence-corrected chi connectivity index (χ1v) is 11.0. The number of rotatable bonds is 7. The summed E-state index contributed by atoms with van der Waals surface area (Å²) in [4.78, 5) is 28.1. The summed E-state index contributed by atoms with van der Waals surface area (Å²) in [6.45, 7) is 3.53. The number of amides is 1. The highest BCUT2D eigenvalue weighted by Gasteiger charge is 2.40. The summed E-state index contributed by atoms with van der Waals surface area (Å²) < 4.78 is 7.27. The molecule has 0 spiro atoms. The van der Waals surface area contributed by atoms with Crippen molar-refractivity contribution in [1.29, 1.82) is 0 Å². The van der Waals surface area contributed by atoms with E-state index in [1.54, 1.807) is 4.68 Å². The molecule has 2 heterocycles. The van der Waals surface area contributed by atoms with E-state index in [-0.39, 0.29) is 24.4 Å². The molecule has 8 nitrogen and oxygen atoms in total. The summed E-state index contributed by atoms with van der Waals surface area (Å²) in [5.41, 5.74) is 2.18. The summed E-state index contributed by atoms with van der Waals surface area (Å²) in [6.07, 6.45) is 6.17. The fourth-order valence-corrected chi connectivity index (χ4v) is 4.53. The van der Waals surface area contributed by atoms with Crippen LogP contribution in [0.4, 0.5) is 5.69 Å². The number of unbranched alkanes of at least 4 members (excludes halogenated alkanes) is 1. The maximum atomic E-state index is 13.4. The van der Waals surface area contributed by atoms with Crippen LogP contribution in [0.1, 0.15) is 56.8 Å². The summed E-state index contributed by atoms with van der Waals surface area (Å²) in [7, 11) is 0. The lowest BCUT2D eigenvalue weighted by Gasteiger charge is -2.32. The van der Waals surface area contributed by atoms with E-state index >= 15 is 0 Å². The third-order valence-electron chi connectivity index (χ3n) is 6.21. The van der Waals surface area contributed by atoms with E-state index in [0.29, 0.717) is 25.3 Å². The first kappa shape index (κ1) is 20.5. The number of hydrogen-bond donors (Lipinski definition) is 0. The number of carbonyl (C=O) groups is 2. The molecule has 4 rings (SSSR count). The van der Waals surface area contributed by atoms with E-state index in [1.807, 2.05) is 23.1 Å². The van der Waals surface area contributed by atoms with Gasteiger partial charge in [-0.1, -0.05) is 44.4 Å². The Hall–Kier alpha value is -2.77. The smallest absolute Gasteiger partial charge is 0.310 e. The first-order chi connectivity index (χ1) is 14.7. The molecule has 0 radical (unpaired) electrons. The summed E-state index contributed by atoms with van der Waals surface area (Å²) in [5, 5.41) is 11.6. The molecule has 0 saturated heterocycles. The van der Waals surface area contributed by atoms with E-state index in [0.717, 1.165) is 44.2 Å². The fraction of sp³-hybridized carbons (Fsp3) is 0.591. The van der Waals surface area contributed by atoms with Crippen molar-refractivity contribution in [3.63, 3.8) is 0 Å². The van der Waals surface area contributed by atoms with E-state index in [4.69, 9.17) is 4.74 Å². The Bertz CT molecular complexity index is 896. The predicted octanol–water partition coefficient (Wildman–Crippen LogP) is 2.91. The minimum atomic E-state index is -0.404. The Labute approximate surface area is 176 Å². The minimum Gasteiger partial charge on any atom is -0.457 e. The molecule has 1 aromatic carbocycles. The Balaban J connectivity index is 1.42. The number of tetrazole rings is 1. The lowest BCUT2D eigenvalue weighted by molar-refractivity contribution is -0.155. The van der Waals surface area contributed by atoms with Crippen LogP contribution in [0, 0.1) is 11.8 Å². The Morgan fingerprint density at radius 1 is 1.17 bits per heavy atom. The predicted molar refractivity (Wildman–Crippen MR) is 110 cm³/mol. The molecule has 1 fully saturated rings. The average Bonchev–Trinajstić information content (AvgIpc) is 3.42. The first-order valence-electron chi connectivity index (χ1n) is 11.0. The zero-order valence-electron chi connectivity index (χ0n) is 17.5. The molecule has 2 aromatic rings. The number of anilines is 1. The normalized spacial score (nSPS) is 20.8. The third-order valence-corrected chi connectivity index (χ3v) is 6.21. The number of esters is 1. The van der Waals surface area contributed by atoms with Crippen LogP contribution in [0.25, 0.3) is 0 Å². The molecule has 0 bridgehead atoms. The van der Waals surface area contributed by atoms with Crippen molar-refractivity contribution in [2.24, 2.45) is 11.8 Å². The highest BCUT2D eigenvalue weighted by Crippen LogP contribution is 2.36. The van der Waals surface area contributed by atoms with Crippen molar-refractivity contribution < 1.29 is 14.3 Å². The van der Waals surface area contributed by atoms with Crippen LogP contribution < -0.4 is 4.90 Å². The van der Waals surface area contributed by atoms with Gasteiger partial charge in [0.15, 0.2) is 12.4 Å². The molecule has 1 aliphatic heterocycles. The van der Waals surface area contributed by atoms with Gasteiger partial charge in [-0.15, -0.1) is 5.10 Å². The highest BCUT2D eigenvalue weighted by atomic mass is 16.5. The van der Waals surface area contributed by atoms with Gasteiger partial charge in [0.25, 0.3) is 0 Å². The number of benzene rings is 1. The maximum absolute atomic E-state index is 13.4. The molecule has 1 aliphatic carbocycles. The molecule has 1 aromatic heterocycles. The largest absolute Gasteiger partial charge is 0.457 e. The van der Waals surface area contributed by atoms with Crippen molar-refractivity contribution in [3.8, 4) is 0 Å². The standard InChI is InChI=1S/C22H29N5O3/c1-2-3-13-27-20(23-24-25-27)15-30-22(29)18-10-6-5-9-17(18)21(28)26-14-12-16-8-4-7-11-19(16)26/h4,7-8,11,17-18H,2-3,5-6,9-10,12-15H2,1H3. The average molecular weight is 412 g/mol. The van der Waals surface area contributed by atoms with Gasteiger partial charge in [0.05, 0.1) is 11.8 Å². The van der Waals surface area contributed by atoms with E-state index in [9.17, 15) is 9.59 Å². The number of carbonyl (C=O) groups excluding carboxylic acids is 2. The van der Waals surface area contributed by atoms with Gasteiger partial charge in [-0.25, -0.2) is 4.68 Å². The van der Waals surface area contributed by atoms with Crippen LogP contribution >= 0.6 is 0 Å². The van der Waals surface area contributed by atoms with Gasteiger partial charge in [-0.3, -0.25) is 9.59 Å². The van der Waals surface area contributed by atoms with Crippen molar-refractivity contribution in [3.05, 3.63) is 35.7 Å². The van der Waals surface area contributed by atoms with Crippen LogP contribution in [-0.2, 0) is 33.9 Å². The monoisotopic (exact) mass is 411 g/mol. The number of hydrogen-bond acceptors (Lipinski definition) is 6. The van der Waals surface area contributed by atoms with Gasteiger partial charge in [0.1, 0.15) is 0 Å². The van der Waals surface area contributed by atoms with Gasteiger partial charge in [-0.2, -0.15) is 0 Å². The molecule has 2 aliphatic rings. The minimum absolute atomic E-state index is 0.0412. The number of fused-ring (bicyclic) bond motifs is 1.